The lowest BCUT2D eigenvalue weighted by Crippen LogP contribution is -2.11. The van der Waals surface area contributed by atoms with E-state index in [0.29, 0.717) is 11.3 Å². The molecule has 0 saturated carbocycles. The average molecular weight is 311 g/mol. The number of ether oxygens (including phenoxy) is 1. The topological polar surface area (TPSA) is 93.5 Å². The van der Waals surface area contributed by atoms with Crippen molar-refractivity contribution >= 4 is 28.5 Å². The summed E-state index contributed by atoms with van der Waals surface area (Å²) in [6.07, 6.45) is 0. The molecule has 0 spiro atoms. The molecule has 2 N–H and O–H groups in total. The number of nitro benzene ring substituents is 1. The summed E-state index contributed by atoms with van der Waals surface area (Å²) in [7, 11) is 1.43. The maximum Gasteiger partial charge on any atom is 0.270 e. The van der Waals surface area contributed by atoms with Crippen LogP contribution in [0.25, 0.3) is 5.57 Å². The second kappa shape index (κ2) is 5.80. The van der Waals surface area contributed by atoms with Gasteiger partial charge >= 0.3 is 0 Å². The average Bonchev–Trinajstić information content (AvgIpc) is 2.88. The van der Waals surface area contributed by atoms with E-state index in [2.05, 4.69) is 10.6 Å². The Morgan fingerprint density at radius 2 is 1.96 bits per heavy atom. The molecule has 2 aromatic carbocycles. The minimum Gasteiger partial charge on any atom is -0.482 e. The number of nitrogens with zero attached hydrogens (tertiary/aromatic N) is 1. The van der Waals surface area contributed by atoms with Crippen LogP contribution in [0.4, 0.5) is 17.1 Å². The fourth-order valence-electron chi connectivity index (χ4n) is 2.36. The highest BCUT2D eigenvalue weighted by atomic mass is 16.6. The zero-order chi connectivity index (χ0) is 16.4. The van der Waals surface area contributed by atoms with Gasteiger partial charge in [0.2, 0.25) is 5.88 Å². The quantitative estimate of drug-likeness (QED) is 0.392. The van der Waals surface area contributed by atoms with E-state index in [9.17, 15) is 14.9 Å². The molecule has 0 aromatic heterocycles. The van der Waals surface area contributed by atoms with Crippen molar-refractivity contribution in [2.24, 2.45) is 0 Å². The first-order valence-corrected chi connectivity index (χ1v) is 6.80. The predicted octanol–water partition coefficient (Wildman–Crippen LogP) is 2.97. The molecule has 0 atom stereocenters. The van der Waals surface area contributed by atoms with Crippen LogP contribution in [0.5, 0.6) is 0 Å². The van der Waals surface area contributed by atoms with Gasteiger partial charge in [-0.25, -0.2) is 0 Å². The number of methoxy groups -OCH3 is 1. The van der Waals surface area contributed by atoms with Crippen molar-refractivity contribution in [2.75, 3.05) is 17.7 Å². The zero-order valence-electron chi connectivity index (χ0n) is 12.2. The lowest BCUT2D eigenvalue weighted by atomic mass is 10.1. The van der Waals surface area contributed by atoms with E-state index in [4.69, 9.17) is 4.74 Å². The Morgan fingerprint density at radius 1 is 1.22 bits per heavy atom. The normalized spacial score (nSPS) is 14.7. The summed E-state index contributed by atoms with van der Waals surface area (Å²) in [5.41, 5.74) is 1.83. The molecule has 2 aromatic rings. The molecule has 116 valence electrons. The number of hydrogen-bond acceptors (Lipinski definition) is 5. The summed E-state index contributed by atoms with van der Waals surface area (Å²) in [5.74, 6) is -0.145. The molecule has 1 amide bonds. The summed E-state index contributed by atoms with van der Waals surface area (Å²) < 4.78 is 5.30. The first-order valence-electron chi connectivity index (χ1n) is 6.80. The van der Waals surface area contributed by atoms with Gasteiger partial charge in [0.25, 0.3) is 11.6 Å². The fraction of sp³-hybridized carbons (Fsp3) is 0.0625. The van der Waals surface area contributed by atoms with E-state index in [-0.39, 0.29) is 23.1 Å². The maximum absolute atomic E-state index is 12.2. The second-order valence-electron chi connectivity index (χ2n) is 4.84. The number of carbonyl (C=O) groups is 1. The third-order valence-electron chi connectivity index (χ3n) is 3.42. The number of anilines is 2. The molecule has 1 aliphatic rings. The highest BCUT2D eigenvalue weighted by Gasteiger charge is 2.30. The van der Waals surface area contributed by atoms with Gasteiger partial charge in [0.1, 0.15) is 5.57 Å². The number of carbonyl (C=O) groups excluding carboxylic acids is 1. The van der Waals surface area contributed by atoms with Crippen molar-refractivity contribution in [1.29, 1.82) is 0 Å². The van der Waals surface area contributed by atoms with E-state index in [1.54, 1.807) is 0 Å². The Bertz CT molecular complexity index is 815. The van der Waals surface area contributed by atoms with Crippen LogP contribution in [0.2, 0.25) is 0 Å². The maximum atomic E-state index is 12.2. The smallest absolute Gasteiger partial charge is 0.270 e. The number of amides is 1. The van der Waals surface area contributed by atoms with Gasteiger partial charge in [-0.3, -0.25) is 14.9 Å². The van der Waals surface area contributed by atoms with Gasteiger partial charge in [0, 0.05) is 29.1 Å². The van der Waals surface area contributed by atoms with Crippen LogP contribution in [-0.4, -0.2) is 17.9 Å². The first kappa shape index (κ1) is 14.6. The van der Waals surface area contributed by atoms with E-state index in [0.717, 1.165) is 5.69 Å². The standard InChI is InChI=1S/C16H13N3O4/c1-23-16(17-10-5-3-2-4-6-10)14-12-9-11(19(21)22)7-8-13(12)18-15(14)20/h2-9,17H,1H3,(H,18,20). The molecule has 1 aliphatic heterocycles. The largest absolute Gasteiger partial charge is 0.482 e. The van der Waals surface area contributed by atoms with Crippen molar-refractivity contribution in [3.8, 4) is 0 Å². The third-order valence-corrected chi connectivity index (χ3v) is 3.42. The van der Waals surface area contributed by atoms with Crippen molar-refractivity contribution in [1.82, 2.24) is 0 Å². The van der Waals surface area contributed by atoms with Gasteiger partial charge < -0.3 is 15.4 Å². The number of nitrogens with one attached hydrogen (secondary N) is 2. The molecule has 0 radical (unpaired) electrons. The van der Waals surface area contributed by atoms with E-state index < -0.39 is 4.92 Å². The molecule has 0 saturated heterocycles. The number of non-ortho nitro benzene ring substituents is 1. The number of para-hydroxylation sites is 1. The number of rotatable bonds is 4. The Kier molecular flexibility index (Phi) is 3.68. The summed E-state index contributed by atoms with van der Waals surface area (Å²) in [6, 6.07) is 13.4. The van der Waals surface area contributed by atoms with E-state index in [1.807, 2.05) is 30.3 Å². The van der Waals surface area contributed by atoms with Gasteiger partial charge in [0.15, 0.2) is 0 Å². The Labute approximate surface area is 131 Å². The van der Waals surface area contributed by atoms with Crippen molar-refractivity contribution in [2.45, 2.75) is 0 Å². The Morgan fingerprint density at radius 3 is 2.61 bits per heavy atom. The van der Waals surface area contributed by atoms with Gasteiger partial charge in [-0.15, -0.1) is 0 Å². The van der Waals surface area contributed by atoms with Crippen LogP contribution < -0.4 is 10.6 Å². The number of nitro groups is 1. The highest BCUT2D eigenvalue weighted by Crippen LogP contribution is 2.36. The molecule has 23 heavy (non-hydrogen) atoms. The number of hydrogen-bond donors (Lipinski definition) is 2. The molecular weight excluding hydrogens is 298 g/mol. The fourth-order valence-corrected chi connectivity index (χ4v) is 2.36. The molecule has 7 heteroatoms. The molecule has 0 aliphatic carbocycles. The molecular formula is C16H13N3O4. The number of fused-ring (bicyclic) bond motifs is 1. The van der Waals surface area contributed by atoms with Crippen molar-refractivity contribution in [3.05, 3.63) is 70.1 Å². The number of benzene rings is 2. The molecule has 0 unspecified atom stereocenters. The minimum absolute atomic E-state index is 0.0899. The molecule has 7 nitrogen and oxygen atoms in total. The highest BCUT2D eigenvalue weighted by molar-refractivity contribution is 6.32. The molecule has 0 bridgehead atoms. The molecule has 0 fully saturated rings. The van der Waals surface area contributed by atoms with Crippen LogP contribution in [0.15, 0.2) is 54.4 Å². The van der Waals surface area contributed by atoms with E-state index >= 15 is 0 Å². The lowest BCUT2D eigenvalue weighted by molar-refractivity contribution is -0.384. The summed E-state index contributed by atoms with van der Waals surface area (Å²) in [5, 5.41) is 16.6. The van der Waals surface area contributed by atoms with Crippen LogP contribution in [0.3, 0.4) is 0 Å². The van der Waals surface area contributed by atoms with Crippen molar-refractivity contribution in [3.63, 3.8) is 0 Å². The van der Waals surface area contributed by atoms with Crippen LogP contribution in [-0.2, 0) is 9.53 Å². The molecule has 1 heterocycles. The summed E-state index contributed by atoms with van der Waals surface area (Å²) >= 11 is 0. The summed E-state index contributed by atoms with van der Waals surface area (Å²) in [4.78, 5) is 22.7. The van der Waals surface area contributed by atoms with Crippen LogP contribution >= 0.6 is 0 Å². The summed E-state index contributed by atoms with van der Waals surface area (Å²) in [6.45, 7) is 0. The van der Waals surface area contributed by atoms with Crippen molar-refractivity contribution < 1.29 is 14.5 Å². The van der Waals surface area contributed by atoms with Gasteiger partial charge in [-0.05, 0) is 18.2 Å². The second-order valence-corrected chi connectivity index (χ2v) is 4.84. The Balaban J connectivity index is 2.09. The van der Waals surface area contributed by atoms with Gasteiger partial charge in [-0.1, -0.05) is 18.2 Å². The predicted molar refractivity (Wildman–Crippen MR) is 85.7 cm³/mol. The first-order chi connectivity index (χ1) is 11.1. The third kappa shape index (κ3) is 2.71. The van der Waals surface area contributed by atoms with Crippen LogP contribution in [0, 0.1) is 10.1 Å². The molecule has 3 rings (SSSR count). The lowest BCUT2D eigenvalue weighted by Gasteiger charge is -2.12. The SMILES string of the molecule is COC(Nc1ccccc1)=C1C(=O)Nc2ccc([N+](=O)[O-])cc21. The minimum atomic E-state index is -0.502. The van der Waals surface area contributed by atoms with Gasteiger partial charge in [-0.2, -0.15) is 0 Å². The van der Waals surface area contributed by atoms with Gasteiger partial charge in [0.05, 0.1) is 12.0 Å². The van der Waals surface area contributed by atoms with E-state index in [1.165, 1.54) is 25.3 Å². The Hall–Kier alpha value is -3.35. The monoisotopic (exact) mass is 311 g/mol. The zero-order valence-corrected chi connectivity index (χ0v) is 12.2. The van der Waals surface area contributed by atoms with Crippen LogP contribution in [0.1, 0.15) is 5.56 Å².